The van der Waals surface area contributed by atoms with Crippen LogP contribution in [0.2, 0.25) is 18.1 Å². The largest absolute Gasteiger partial charge is 0.507 e. The molecule has 7 rings (SSSR count). The van der Waals surface area contributed by atoms with Crippen LogP contribution in [0.25, 0.3) is 16.5 Å². The number of aromatic hydroxyl groups is 1. The SMILES string of the molecule is Cc1c2c(c(O)c3ccc(CN(CCCCl)C(=O)C(C)(C)C)cc13)C[C@H]1C[C@H]3[C@H](N(C)C)c4onc(OCc5ccccc5)c4C(=O)[C@@]3(O[Si](C)(C)C(C)(C)C)C(=O)C1=C2O. The first kappa shape index (κ1) is 44.6. The number of hydrogen-bond donors (Lipinski definition) is 2. The van der Waals surface area contributed by atoms with E-state index in [1.54, 1.807) is 4.90 Å². The normalized spacial score (nSPS) is 21.6. The number of Topliss-reactive ketones (excluding diaryl/α,β-unsaturated/α-hetero) is 2. The number of nitrogens with zero attached hydrogens (tertiary/aromatic N) is 3. The molecular weight excluding hydrogens is 810 g/mol. The summed E-state index contributed by atoms with van der Waals surface area (Å²) < 4.78 is 19.5. The Balaban J connectivity index is 1.39. The van der Waals surface area contributed by atoms with Gasteiger partial charge in [-0.25, -0.2) is 0 Å². The number of halogens is 1. The minimum absolute atomic E-state index is 0.000992. The molecule has 0 bridgehead atoms. The van der Waals surface area contributed by atoms with Crippen molar-refractivity contribution in [1.29, 1.82) is 0 Å². The molecule has 4 atom stereocenters. The van der Waals surface area contributed by atoms with Gasteiger partial charge in [0.05, 0.1) is 6.04 Å². The molecule has 11 nitrogen and oxygen atoms in total. The second kappa shape index (κ2) is 16.0. The number of amides is 1. The Morgan fingerprint density at radius 2 is 1.67 bits per heavy atom. The summed E-state index contributed by atoms with van der Waals surface area (Å²) in [4.78, 5) is 48.7. The van der Waals surface area contributed by atoms with Crippen LogP contribution in [-0.4, -0.2) is 83.1 Å². The Bertz CT molecular complexity index is 2430. The van der Waals surface area contributed by atoms with Crippen LogP contribution in [0, 0.1) is 24.2 Å². The topological polar surface area (TPSA) is 143 Å². The summed E-state index contributed by atoms with van der Waals surface area (Å²) in [6.45, 7) is 18.7. The van der Waals surface area contributed by atoms with E-state index in [0.29, 0.717) is 58.6 Å². The lowest BCUT2D eigenvalue weighted by molar-refractivity contribution is -0.141. The number of hydrogen-bond acceptors (Lipinski definition) is 10. The van der Waals surface area contributed by atoms with Crippen LogP contribution in [0.1, 0.15) is 104 Å². The average molecular weight is 871 g/mol. The number of aliphatic hydroxyl groups excluding tert-OH is 1. The van der Waals surface area contributed by atoms with Gasteiger partial charge in [0.2, 0.25) is 17.5 Å². The highest BCUT2D eigenvalue weighted by Gasteiger charge is 2.69. The van der Waals surface area contributed by atoms with E-state index in [2.05, 4.69) is 25.9 Å². The summed E-state index contributed by atoms with van der Waals surface area (Å²) in [7, 11) is 0.823. The second-order valence-corrected chi connectivity index (χ2v) is 25.0. The van der Waals surface area contributed by atoms with Gasteiger partial charge in [-0.15, -0.1) is 11.6 Å². The molecule has 1 saturated carbocycles. The van der Waals surface area contributed by atoms with Gasteiger partial charge in [-0.3, -0.25) is 19.3 Å². The van der Waals surface area contributed by atoms with Crippen LogP contribution in [-0.2, 0) is 33.6 Å². The quantitative estimate of drug-likeness (QED) is 0.0850. The lowest BCUT2D eigenvalue weighted by atomic mass is 9.57. The van der Waals surface area contributed by atoms with Crippen molar-refractivity contribution in [3.63, 3.8) is 0 Å². The van der Waals surface area contributed by atoms with Crippen molar-refractivity contribution in [1.82, 2.24) is 15.0 Å². The van der Waals surface area contributed by atoms with Crippen molar-refractivity contribution in [2.75, 3.05) is 26.5 Å². The van der Waals surface area contributed by atoms with E-state index in [1.165, 1.54) is 0 Å². The van der Waals surface area contributed by atoms with Gasteiger partial charge in [0.15, 0.2) is 19.7 Å². The Hall–Kier alpha value is -4.49. The Labute approximate surface area is 365 Å². The Morgan fingerprint density at radius 3 is 2.30 bits per heavy atom. The molecule has 61 heavy (non-hydrogen) atoms. The first-order valence-corrected chi connectivity index (χ1v) is 24.7. The summed E-state index contributed by atoms with van der Waals surface area (Å²) in [5.41, 5.74) is 0.871. The fourth-order valence-electron chi connectivity index (χ4n) is 9.41. The molecule has 3 aromatic carbocycles. The van der Waals surface area contributed by atoms with Gasteiger partial charge in [-0.2, -0.15) is 0 Å². The first-order chi connectivity index (χ1) is 28.5. The van der Waals surface area contributed by atoms with Crippen molar-refractivity contribution >= 4 is 53.9 Å². The van der Waals surface area contributed by atoms with Crippen LogP contribution in [0.3, 0.4) is 0 Å². The number of fused-ring (bicyclic) bond motifs is 5. The second-order valence-electron chi connectivity index (χ2n) is 19.9. The molecule has 1 heterocycles. The molecule has 3 aliphatic carbocycles. The highest BCUT2D eigenvalue weighted by Crippen LogP contribution is 2.59. The number of phenolic OH excluding ortho intramolecular Hbond substituents is 1. The van der Waals surface area contributed by atoms with Crippen LogP contribution in [0.4, 0.5) is 0 Å². The Morgan fingerprint density at radius 1 is 0.984 bits per heavy atom. The molecule has 4 aromatic rings. The Kier molecular flexibility index (Phi) is 11.7. The first-order valence-electron chi connectivity index (χ1n) is 21.2. The minimum atomic E-state index is -2.93. The maximum absolute atomic E-state index is 15.8. The summed E-state index contributed by atoms with van der Waals surface area (Å²) in [6.07, 6.45) is 1.18. The van der Waals surface area contributed by atoms with Gasteiger partial charge >= 0.3 is 0 Å². The number of phenols is 1. The fraction of sp³-hybridized carbons (Fsp3) is 0.500. The van der Waals surface area contributed by atoms with Crippen molar-refractivity contribution in [3.05, 3.63) is 93.2 Å². The molecule has 0 aliphatic heterocycles. The van der Waals surface area contributed by atoms with Crippen molar-refractivity contribution in [2.24, 2.45) is 17.3 Å². The predicted molar refractivity (Wildman–Crippen MR) is 239 cm³/mol. The van der Waals surface area contributed by atoms with Crippen molar-refractivity contribution in [2.45, 2.75) is 111 Å². The number of aromatic nitrogens is 1. The van der Waals surface area contributed by atoms with E-state index in [9.17, 15) is 15.0 Å². The van der Waals surface area contributed by atoms with Gasteiger partial charge in [-0.05, 0) is 97.6 Å². The number of carbonyl (C=O) groups is 3. The molecule has 2 N–H and O–H groups in total. The molecule has 0 saturated heterocycles. The lowest BCUT2D eigenvalue weighted by Crippen LogP contribution is -2.68. The molecule has 0 unspecified atom stereocenters. The molecule has 1 amide bonds. The third kappa shape index (κ3) is 7.51. The molecule has 0 spiro atoms. The molecule has 3 aliphatic rings. The van der Waals surface area contributed by atoms with Crippen LogP contribution >= 0.6 is 11.6 Å². The zero-order valence-corrected chi connectivity index (χ0v) is 39.1. The van der Waals surface area contributed by atoms with Gasteiger partial charge in [0.25, 0.3) is 5.88 Å². The number of aliphatic hydroxyl groups is 1. The summed E-state index contributed by atoms with van der Waals surface area (Å²) in [5.74, 6) is -1.95. The number of ether oxygens (including phenoxy) is 1. The van der Waals surface area contributed by atoms with E-state index >= 15 is 9.59 Å². The van der Waals surface area contributed by atoms with E-state index in [-0.39, 0.29) is 53.9 Å². The summed E-state index contributed by atoms with van der Waals surface area (Å²) in [5, 5.41) is 29.8. The van der Waals surface area contributed by atoms with E-state index in [1.807, 2.05) is 108 Å². The minimum Gasteiger partial charge on any atom is -0.507 e. The molecule has 1 aromatic heterocycles. The van der Waals surface area contributed by atoms with Gasteiger partial charge in [-0.1, -0.05) is 84.0 Å². The number of alkyl halides is 1. The maximum atomic E-state index is 15.8. The number of carbonyl (C=O) groups excluding carboxylic acids is 3. The van der Waals surface area contributed by atoms with Gasteiger partial charge in [0.1, 0.15) is 23.7 Å². The highest BCUT2D eigenvalue weighted by molar-refractivity contribution is 6.74. The third-order valence-corrected chi connectivity index (χ3v) is 18.2. The highest BCUT2D eigenvalue weighted by atomic mass is 35.5. The molecule has 0 radical (unpaired) electrons. The summed E-state index contributed by atoms with van der Waals surface area (Å²) >= 11 is 6.05. The lowest BCUT2D eigenvalue weighted by Gasteiger charge is -2.55. The summed E-state index contributed by atoms with van der Waals surface area (Å²) in [6, 6.07) is 14.6. The average Bonchev–Trinajstić information content (AvgIpc) is 3.61. The zero-order valence-electron chi connectivity index (χ0n) is 37.4. The van der Waals surface area contributed by atoms with E-state index in [0.717, 1.165) is 11.1 Å². The molecule has 1 fully saturated rings. The maximum Gasteiger partial charge on any atom is 0.265 e. The number of rotatable bonds is 11. The van der Waals surface area contributed by atoms with Crippen LogP contribution in [0.15, 0.2) is 58.6 Å². The van der Waals surface area contributed by atoms with Crippen LogP contribution in [0.5, 0.6) is 11.6 Å². The number of benzene rings is 3. The zero-order chi connectivity index (χ0) is 44.6. The van der Waals surface area contributed by atoms with Crippen LogP contribution < -0.4 is 4.74 Å². The number of aryl methyl sites for hydroxylation is 1. The van der Waals surface area contributed by atoms with E-state index < -0.39 is 53.8 Å². The van der Waals surface area contributed by atoms with Crippen molar-refractivity contribution in [3.8, 4) is 11.6 Å². The van der Waals surface area contributed by atoms with Crippen molar-refractivity contribution < 1.29 is 38.3 Å². The predicted octanol–water partition coefficient (Wildman–Crippen LogP) is 9.71. The van der Waals surface area contributed by atoms with E-state index in [4.69, 9.17) is 25.3 Å². The molecule has 326 valence electrons. The smallest absolute Gasteiger partial charge is 0.265 e. The van der Waals surface area contributed by atoms with Gasteiger partial charge < -0.3 is 28.8 Å². The standard InChI is InChI=1S/C48H60ClN3O8Si/c1-27-32-22-29(25-52(21-15-20-49)45(57)46(2,3)4)18-19-31(32)39(53)33-23-30-24-34-38(51(8)9)41-37(44(50-59-41)58-26-28-16-13-12-14-17-28)43(56)48(34,60-61(10,11)47(5,6)7)42(55)36(30)40(54)35(27)33/h12-14,16-19,22,30,34,38,53-54H,15,20-21,23-26H2,1-11H3/t30-,34-,38-,48-/m0/s1. The number of ketones is 2. The monoisotopic (exact) mass is 869 g/mol. The fourth-order valence-corrected chi connectivity index (χ4v) is 11.0. The molecule has 13 heteroatoms. The molecular formula is C48H60ClN3O8Si. The van der Waals surface area contributed by atoms with Gasteiger partial charge in [0, 0.05) is 52.4 Å². The third-order valence-electron chi connectivity index (χ3n) is 13.5.